The summed E-state index contributed by atoms with van der Waals surface area (Å²) in [6.07, 6.45) is 3.42. The predicted molar refractivity (Wildman–Crippen MR) is 124 cm³/mol. The summed E-state index contributed by atoms with van der Waals surface area (Å²) < 4.78 is 0. The van der Waals surface area contributed by atoms with Crippen molar-refractivity contribution in [1.82, 2.24) is 25.8 Å². The molecule has 1 aromatic carbocycles. The fourth-order valence-corrected chi connectivity index (χ4v) is 4.05. The maximum absolute atomic E-state index is 12.4. The molecule has 9 nitrogen and oxygen atoms in total. The Balaban J connectivity index is 1.40. The van der Waals surface area contributed by atoms with Gasteiger partial charge in [0.05, 0.1) is 17.7 Å². The Morgan fingerprint density at radius 2 is 1.75 bits per heavy atom. The summed E-state index contributed by atoms with van der Waals surface area (Å²) in [5.41, 5.74) is 0.992. The van der Waals surface area contributed by atoms with Gasteiger partial charge >= 0.3 is 0 Å². The second-order valence-electron chi connectivity index (χ2n) is 8.14. The van der Waals surface area contributed by atoms with Gasteiger partial charge in [-0.2, -0.15) is 0 Å². The van der Waals surface area contributed by atoms with Gasteiger partial charge in [-0.25, -0.2) is 0 Å². The quantitative estimate of drug-likeness (QED) is 0.226. The molecule has 1 fully saturated rings. The number of likely N-dealkylation sites (N-methyl/N-ethyl adjacent to an activating group) is 1. The summed E-state index contributed by atoms with van der Waals surface area (Å²) in [4.78, 5) is 44.5. The Kier molecular flexibility index (Phi) is 8.61. The molecule has 0 saturated carbocycles. The average Bonchev–Trinajstić information content (AvgIpc) is 3.05. The van der Waals surface area contributed by atoms with E-state index in [2.05, 4.69) is 25.8 Å². The van der Waals surface area contributed by atoms with Gasteiger partial charge in [0.15, 0.2) is 5.96 Å². The summed E-state index contributed by atoms with van der Waals surface area (Å²) in [6, 6.07) is 7.30. The molecule has 3 amide bonds. The van der Waals surface area contributed by atoms with E-state index in [4.69, 9.17) is 0 Å². The molecule has 1 saturated heterocycles. The number of likely N-dealkylation sites (tertiary alicyclic amines) is 1. The first-order valence-electron chi connectivity index (χ1n) is 11.5. The van der Waals surface area contributed by atoms with Gasteiger partial charge < -0.3 is 16.0 Å². The molecule has 3 rings (SSSR count). The lowest BCUT2D eigenvalue weighted by Gasteiger charge is -2.32. The Hall–Kier alpha value is -2.94. The van der Waals surface area contributed by atoms with Crippen LogP contribution in [0.15, 0.2) is 29.3 Å². The van der Waals surface area contributed by atoms with Gasteiger partial charge in [-0.1, -0.05) is 12.1 Å². The molecule has 0 unspecified atom stereocenters. The molecule has 3 N–H and O–H groups in total. The number of fused-ring (bicyclic) bond motifs is 1. The van der Waals surface area contributed by atoms with Crippen molar-refractivity contribution in [2.45, 2.75) is 38.6 Å². The first-order chi connectivity index (χ1) is 15.5. The molecule has 2 aliphatic heterocycles. The van der Waals surface area contributed by atoms with Crippen LogP contribution in [0.1, 0.15) is 53.3 Å². The van der Waals surface area contributed by atoms with E-state index in [1.165, 1.54) is 4.90 Å². The Bertz CT molecular complexity index is 813. The van der Waals surface area contributed by atoms with E-state index in [-0.39, 0.29) is 17.7 Å². The Morgan fingerprint density at radius 3 is 2.34 bits per heavy atom. The van der Waals surface area contributed by atoms with Crippen LogP contribution in [0, 0.1) is 0 Å². The molecule has 0 aliphatic carbocycles. The van der Waals surface area contributed by atoms with E-state index in [1.807, 2.05) is 6.92 Å². The molecule has 9 heteroatoms. The van der Waals surface area contributed by atoms with Crippen molar-refractivity contribution in [2.24, 2.45) is 4.99 Å². The molecular formula is C23H34N6O3. The minimum absolute atomic E-state index is 0.0486. The smallest absolute Gasteiger partial charge is 0.261 e. The van der Waals surface area contributed by atoms with Gasteiger partial charge in [0.2, 0.25) is 5.91 Å². The lowest BCUT2D eigenvalue weighted by Crippen LogP contribution is -2.50. The number of unbranched alkanes of at least 4 members (excludes halogenated alkanes) is 1. The summed E-state index contributed by atoms with van der Waals surface area (Å²) in [7, 11) is 1.66. The molecule has 0 spiro atoms. The van der Waals surface area contributed by atoms with E-state index >= 15 is 0 Å². The first-order valence-corrected chi connectivity index (χ1v) is 11.5. The summed E-state index contributed by atoms with van der Waals surface area (Å²) in [5.74, 6) is 0.434. The third-order valence-electron chi connectivity index (χ3n) is 5.86. The number of guanidine groups is 1. The number of nitrogens with zero attached hydrogens (tertiary/aromatic N) is 3. The van der Waals surface area contributed by atoms with Crippen molar-refractivity contribution in [3.05, 3.63) is 35.4 Å². The van der Waals surface area contributed by atoms with Crippen LogP contribution in [0.4, 0.5) is 0 Å². The number of hydrogen-bond acceptors (Lipinski definition) is 5. The van der Waals surface area contributed by atoms with Crippen LogP contribution in [-0.2, 0) is 4.79 Å². The largest absolute Gasteiger partial charge is 0.358 e. The van der Waals surface area contributed by atoms with Gasteiger partial charge in [-0.15, -0.1) is 0 Å². The second-order valence-corrected chi connectivity index (χ2v) is 8.14. The van der Waals surface area contributed by atoms with E-state index in [0.717, 1.165) is 44.9 Å². The fourth-order valence-electron chi connectivity index (χ4n) is 4.05. The van der Waals surface area contributed by atoms with Crippen molar-refractivity contribution in [1.29, 1.82) is 0 Å². The fraction of sp³-hybridized carbons (Fsp3) is 0.565. The highest BCUT2D eigenvalue weighted by Gasteiger charge is 2.34. The van der Waals surface area contributed by atoms with Gasteiger partial charge in [-0.3, -0.25) is 29.2 Å². The average molecular weight is 443 g/mol. The van der Waals surface area contributed by atoms with Crippen molar-refractivity contribution < 1.29 is 14.4 Å². The first kappa shape index (κ1) is 23.7. The summed E-state index contributed by atoms with van der Waals surface area (Å²) in [6.45, 7) is 6.05. The van der Waals surface area contributed by atoms with Crippen LogP contribution >= 0.6 is 0 Å². The maximum atomic E-state index is 12.4. The zero-order chi connectivity index (χ0) is 22.9. The number of nitrogens with one attached hydrogen (secondary N) is 3. The highest BCUT2D eigenvalue weighted by Crippen LogP contribution is 2.22. The van der Waals surface area contributed by atoms with Crippen molar-refractivity contribution in [2.75, 3.05) is 46.3 Å². The van der Waals surface area contributed by atoms with E-state index in [0.29, 0.717) is 43.2 Å². The molecule has 0 bridgehead atoms. The molecule has 2 aliphatic rings. The highest BCUT2D eigenvalue weighted by atomic mass is 16.2. The molecule has 0 radical (unpaired) electrons. The number of imide groups is 1. The molecule has 1 aromatic rings. The predicted octanol–water partition coefficient (Wildman–Crippen LogP) is 0.828. The lowest BCUT2D eigenvalue weighted by atomic mass is 10.1. The maximum Gasteiger partial charge on any atom is 0.261 e. The topological polar surface area (TPSA) is 106 Å². The van der Waals surface area contributed by atoms with Crippen molar-refractivity contribution in [3.8, 4) is 0 Å². The van der Waals surface area contributed by atoms with Crippen LogP contribution in [0.5, 0.6) is 0 Å². The highest BCUT2D eigenvalue weighted by molar-refractivity contribution is 6.21. The Labute approximate surface area is 189 Å². The van der Waals surface area contributed by atoms with E-state index in [9.17, 15) is 14.4 Å². The van der Waals surface area contributed by atoms with E-state index < -0.39 is 0 Å². The number of amides is 3. The van der Waals surface area contributed by atoms with Crippen LogP contribution in [-0.4, -0.2) is 85.8 Å². The van der Waals surface area contributed by atoms with Crippen molar-refractivity contribution in [3.63, 3.8) is 0 Å². The molecule has 32 heavy (non-hydrogen) atoms. The number of aliphatic imine (C=N–C) groups is 1. The zero-order valence-corrected chi connectivity index (χ0v) is 19.0. The minimum atomic E-state index is -0.202. The zero-order valence-electron chi connectivity index (χ0n) is 19.0. The Morgan fingerprint density at radius 1 is 1.09 bits per heavy atom. The molecule has 0 aromatic heterocycles. The number of carbonyl (C=O) groups is 3. The SMILES string of the molecule is CCNC(=NCCCCN1C(=O)c2ccccc2C1=O)NC1CCN(CC(=O)NC)CC1. The number of piperidine rings is 1. The van der Waals surface area contributed by atoms with E-state index in [1.54, 1.807) is 31.3 Å². The summed E-state index contributed by atoms with van der Waals surface area (Å²) >= 11 is 0. The monoisotopic (exact) mass is 442 g/mol. The van der Waals surface area contributed by atoms with Gasteiger partial charge in [0, 0.05) is 45.8 Å². The number of rotatable bonds is 9. The minimum Gasteiger partial charge on any atom is -0.358 e. The third kappa shape index (κ3) is 6.06. The number of benzene rings is 1. The van der Waals surface area contributed by atoms with Crippen LogP contribution in [0.25, 0.3) is 0 Å². The van der Waals surface area contributed by atoms with Crippen LogP contribution in [0.3, 0.4) is 0 Å². The number of hydrogen-bond donors (Lipinski definition) is 3. The molecule has 2 heterocycles. The number of carbonyl (C=O) groups excluding carboxylic acids is 3. The van der Waals surface area contributed by atoms with Crippen LogP contribution < -0.4 is 16.0 Å². The third-order valence-corrected chi connectivity index (χ3v) is 5.86. The van der Waals surface area contributed by atoms with Gasteiger partial charge in [0.1, 0.15) is 0 Å². The molecule has 0 atom stereocenters. The molecule has 174 valence electrons. The summed E-state index contributed by atoms with van der Waals surface area (Å²) in [5, 5.41) is 9.45. The second kappa shape index (κ2) is 11.6. The standard InChI is InChI=1S/C23H34N6O3/c1-3-25-23(27-17-10-14-28(15-11-17)16-20(30)24-2)26-12-6-7-13-29-21(31)18-8-4-5-9-19(18)22(29)32/h4-5,8-9,17H,3,6-7,10-16H2,1-2H3,(H,24,30)(H2,25,26,27). The van der Waals surface area contributed by atoms with Gasteiger partial charge in [-0.05, 0) is 44.7 Å². The molecular weight excluding hydrogens is 408 g/mol. The normalized spacial score (nSPS) is 17.4. The lowest BCUT2D eigenvalue weighted by molar-refractivity contribution is -0.122. The van der Waals surface area contributed by atoms with Crippen LogP contribution in [0.2, 0.25) is 0 Å². The van der Waals surface area contributed by atoms with Crippen molar-refractivity contribution >= 4 is 23.7 Å². The van der Waals surface area contributed by atoms with Gasteiger partial charge in [0.25, 0.3) is 11.8 Å².